The molecule has 162 valence electrons. The van der Waals surface area contributed by atoms with E-state index in [1.165, 1.54) is 44.6 Å². The highest BCUT2D eigenvalue weighted by molar-refractivity contribution is 5.95. The molecular formula is C31H34N+. The number of hydrogen-bond acceptors (Lipinski definition) is 0. The summed E-state index contributed by atoms with van der Waals surface area (Å²) in [6.45, 7) is 13.5. The Hall–Kier alpha value is -2.93. The smallest absolute Gasteiger partial charge is 0.198 e. The topological polar surface area (TPSA) is 3.88 Å². The maximum Gasteiger partial charge on any atom is 0.220 e. The van der Waals surface area contributed by atoms with Crippen molar-refractivity contribution in [3.63, 3.8) is 0 Å². The van der Waals surface area contributed by atoms with Crippen LogP contribution < -0.4 is 4.57 Å². The van der Waals surface area contributed by atoms with E-state index in [-0.39, 0.29) is 5.41 Å². The van der Waals surface area contributed by atoms with Crippen LogP contribution in [0.4, 0.5) is 0 Å². The summed E-state index contributed by atoms with van der Waals surface area (Å²) in [5.41, 5.74) is 11.6. The van der Waals surface area contributed by atoms with Gasteiger partial charge in [0, 0.05) is 18.4 Å². The van der Waals surface area contributed by atoms with E-state index in [0.29, 0.717) is 12.0 Å². The van der Waals surface area contributed by atoms with Crippen LogP contribution in [0, 0.1) is 13.8 Å². The first-order chi connectivity index (χ1) is 15.7. The van der Waals surface area contributed by atoms with Gasteiger partial charge in [-0.15, -0.1) is 0 Å². The first kappa shape index (κ1) is 19.7. The van der Waals surface area contributed by atoms with E-state index in [2.05, 4.69) is 108 Å². The molecule has 0 saturated heterocycles. The lowest BCUT2D eigenvalue weighted by atomic mass is 9.81. The summed E-state index contributed by atoms with van der Waals surface area (Å²) in [5.74, 6) is 0.493. The third-order valence-electron chi connectivity index (χ3n) is 7.82. The minimum atomic E-state index is -0.0309. The normalized spacial score (nSPS) is 15.4. The summed E-state index contributed by atoms with van der Waals surface area (Å²) in [7, 11) is 2.11. The van der Waals surface area contributed by atoms with Crippen molar-refractivity contribution in [2.45, 2.75) is 59.3 Å². The van der Waals surface area contributed by atoms with Gasteiger partial charge in [0.25, 0.3) is 0 Å². The molecule has 3 aromatic carbocycles. The third kappa shape index (κ3) is 2.94. The van der Waals surface area contributed by atoms with E-state index in [4.69, 9.17) is 1.37 Å². The van der Waals surface area contributed by atoms with Crippen molar-refractivity contribution in [1.29, 1.82) is 0 Å². The summed E-state index contributed by atoms with van der Waals surface area (Å²) < 4.78 is 11.1. The van der Waals surface area contributed by atoms with Crippen LogP contribution in [0.15, 0.2) is 60.6 Å². The third-order valence-corrected chi connectivity index (χ3v) is 7.82. The molecule has 0 saturated carbocycles. The number of aryl methyl sites for hydroxylation is 1. The summed E-state index contributed by atoms with van der Waals surface area (Å²) >= 11 is 0. The highest BCUT2D eigenvalue weighted by Gasteiger charge is 2.36. The van der Waals surface area contributed by atoms with Gasteiger partial charge in [-0.25, -0.2) is 0 Å². The maximum atomic E-state index is 8.89. The molecular weight excluding hydrogens is 386 g/mol. The van der Waals surface area contributed by atoms with Gasteiger partial charge in [-0.3, -0.25) is 0 Å². The number of rotatable bonds is 3. The Morgan fingerprint density at radius 2 is 1.69 bits per heavy atom. The van der Waals surface area contributed by atoms with E-state index in [1.807, 2.05) is 0 Å². The molecule has 0 fully saturated rings. The highest BCUT2D eigenvalue weighted by atomic mass is 14.9. The highest BCUT2D eigenvalue weighted by Crippen LogP contribution is 2.50. The number of nitrogens with zero attached hydrogens (tertiary/aromatic N) is 1. The molecule has 1 atom stereocenters. The van der Waals surface area contributed by atoms with Crippen LogP contribution in [0.1, 0.15) is 69.4 Å². The average Bonchev–Trinajstić information content (AvgIpc) is 3.03. The van der Waals surface area contributed by atoms with Gasteiger partial charge in [-0.05, 0) is 70.2 Å². The number of hydrogen-bond donors (Lipinski definition) is 0. The zero-order chi connectivity index (χ0) is 23.7. The summed E-state index contributed by atoms with van der Waals surface area (Å²) in [6.07, 6.45) is 1.10. The maximum absolute atomic E-state index is 8.89. The second-order valence-corrected chi connectivity index (χ2v) is 10.1. The predicted molar refractivity (Wildman–Crippen MR) is 136 cm³/mol. The summed E-state index contributed by atoms with van der Waals surface area (Å²) in [5, 5.41) is 2.22. The molecule has 1 heterocycles. The molecule has 32 heavy (non-hydrogen) atoms. The Kier molecular flexibility index (Phi) is 4.50. The van der Waals surface area contributed by atoms with Gasteiger partial charge in [0.15, 0.2) is 5.69 Å². The first-order valence-electron chi connectivity index (χ1n) is 12.3. The van der Waals surface area contributed by atoms with Crippen molar-refractivity contribution in [1.82, 2.24) is 0 Å². The van der Waals surface area contributed by atoms with Crippen LogP contribution >= 0.6 is 0 Å². The van der Waals surface area contributed by atoms with Gasteiger partial charge in [0.2, 0.25) is 5.69 Å². The Morgan fingerprint density at radius 1 is 0.938 bits per heavy atom. The van der Waals surface area contributed by atoms with E-state index >= 15 is 0 Å². The van der Waals surface area contributed by atoms with Crippen molar-refractivity contribution < 1.29 is 5.94 Å². The fraction of sp³-hybridized carbons (Fsp3) is 0.323. The summed E-state index contributed by atoms with van der Waals surface area (Å²) in [4.78, 5) is 0. The fourth-order valence-corrected chi connectivity index (χ4v) is 5.48. The van der Waals surface area contributed by atoms with Gasteiger partial charge in [0.05, 0.1) is 12.3 Å². The van der Waals surface area contributed by atoms with Crippen LogP contribution in [0.5, 0.6) is 0 Å². The second-order valence-electron chi connectivity index (χ2n) is 10.1. The van der Waals surface area contributed by atoms with Crippen LogP contribution in [-0.2, 0) is 12.5 Å². The SMILES string of the molecule is [2H]c1c(C)[n+](C)c(-c2cc3c(cc2C)-c2ccccc2C3(C)C)c2ccc(C(C)CC)cc12. The minimum Gasteiger partial charge on any atom is -0.198 e. The Balaban J connectivity index is 1.82. The van der Waals surface area contributed by atoms with Gasteiger partial charge >= 0.3 is 0 Å². The van der Waals surface area contributed by atoms with E-state index in [0.717, 1.165) is 22.9 Å². The molecule has 0 radical (unpaired) electrons. The number of pyridine rings is 1. The zero-order valence-electron chi connectivity index (χ0n) is 21.4. The van der Waals surface area contributed by atoms with Crippen molar-refractivity contribution in [2.24, 2.45) is 7.05 Å². The van der Waals surface area contributed by atoms with Gasteiger partial charge < -0.3 is 0 Å². The first-order valence-corrected chi connectivity index (χ1v) is 11.8. The zero-order valence-corrected chi connectivity index (χ0v) is 20.4. The largest absolute Gasteiger partial charge is 0.220 e. The molecule has 0 spiro atoms. The minimum absolute atomic E-state index is 0.0309. The molecule has 4 aromatic rings. The van der Waals surface area contributed by atoms with Crippen LogP contribution in [0.2, 0.25) is 0 Å². The number of fused-ring (bicyclic) bond motifs is 4. The molecule has 0 amide bonds. The van der Waals surface area contributed by atoms with E-state index < -0.39 is 0 Å². The standard InChI is InChI=1S/C31H34N/c1-8-19(2)22-13-14-24-23(17-22)16-21(4)32(7)30(24)26-18-29-27(15-20(26)3)25-11-9-10-12-28(25)31(29,5)6/h9-19H,8H2,1-7H3/q+1/i16D. The number of aromatic nitrogens is 1. The van der Waals surface area contributed by atoms with Gasteiger partial charge in [-0.1, -0.05) is 70.2 Å². The lowest BCUT2D eigenvalue weighted by Gasteiger charge is -2.22. The Bertz CT molecular complexity index is 1430. The summed E-state index contributed by atoms with van der Waals surface area (Å²) in [6, 6.07) is 21.0. The van der Waals surface area contributed by atoms with Crippen molar-refractivity contribution in [2.75, 3.05) is 0 Å². The van der Waals surface area contributed by atoms with E-state index in [9.17, 15) is 0 Å². The second kappa shape index (κ2) is 7.30. The van der Waals surface area contributed by atoms with Gasteiger partial charge in [0.1, 0.15) is 7.05 Å². The number of benzene rings is 3. The Labute approximate surface area is 194 Å². The lowest BCUT2D eigenvalue weighted by molar-refractivity contribution is -0.665. The molecule has 1 nitrogen and oxygen atoms in total. The molecule has 1 aliphatic carbocycles. The van der Waals surface area contributed by atoms with Crippen molar-refractivity contribution in [3.05, 3.63) is 88.6 Å². The molecule has 0 N–H and O–H groups in total. The lowest BCUT2D eigenvalue weighted by Crippen LogP contribution is -2.35. The van der Waals surface area contributed by atoms with Crippen molar-refractivity contribution >= 4 is 10.8 Å². The fourth-order valence-electron chi connectivity index (χ4n) is 5.48. The molecule has 0 bridgehead atoms. The van der Waals surface area contributed by atoms with Gasteiger partial charge in [-0.2, -0.15) is 4.57 Å². The Morgan fingerprint density at radius 3 is 2.44 bits per heavy atom. The molecule has 1 aliphatic rings. The molecule has 1 aromatic heterocycles. The molecule has 0 aliphatic heterocycles. The van der Waals surface area contributed by atoms with Crippen LogP contribution in [-0.4, -0.2) is 0 Å². The molecule has 1 unspecified atom stereocenters. The quantitative estimate of drug-likeness (QED) is 0.297. The van der Waals surface area contributed by atoms with Crippen molar-refractivity contribution in [3.8, 4) is 22.4 Å². The monoisotopic (exact) mass is 421 g/mol. The predicted octanol–water partition coefficient (Wildman–Crippen LogP) is 7.77. The van der Waals surface area contributed by atoms with Crippen LogP contribution in [0.25, 0.3) is 33.2 Å². The molecule has 1 heteroatoms. The average molecular weight is 422 g/mol. The van der Waals surface area contributed by atoms with E-state index in [1.54, 1.807) is 0 Å². The molecule has 5 rings (SSSR count). The van der Waals surface area contributed by atoms with Crippen LogP contribution in [0.3, 0.4) is 0 Å².